The number of rotatable bonds is 7. The topological polar surface area (TPSA) is 69.6 Å². The third kappa shape index (κ3) is 4.09. The summed E-state index contributed by atoms with van der Waals surface area (Å²) in [6.07, 6.45) is 8.82. The molecular weight excluding hydrogens is 328 g/mol. The third-order valence-corrected chi connectivity index (χ3v) is 6.10. The van der Waals surface area contributed by atoms with Crippen LogP contribution in [0.2, 0.25) is 0 Å². The molecule has 0 atom stereocenters. The Kier molecular flexibility index (Phi) is 4.98. The van der Waals surface area contributed by atoms with Crippen molar-refractivity contribution >= 4 is 11.9 Å². The quantitative estimate of drug-likeness (QED) is 0.788. The number of carbonyl (C=O) groups excluding carboxylic acids is 1. The highest BCUT2D eigenvalue weighted by Gasteiger charge is 2.37. The van der Waals surface area contributed by atoms with Crippen LogP contribution in [0.3, 0.4) is 0 Å². The minimum Gasteiger partial charge on any atom is -0.480 e. The molecule has 2 fully saturated rings. The molecule has 2 N–H and O–H groups in total. The number of carbonyl (C=O) groups is 2. The molecule has 3 aliphatic carbocycles. The zero-order valence-corrected chi connectivity index (χ0v) is 15.2. The molecule has 0 unspecified atom stereocenters. The van der Waals surface area contributed by atoms with Gasteiger partial charge >= 0.3 is 5.97 Å². The van der Waals surface area contributed by atoms with Gasteiger partial charge in [0.1, 0.15) is 0 Å². The normalized spacial score (nSPS) is 24.7. The van der Waals surface area contributed by atoms with Crippen molar-refractivity contribution in [2.24, 2.45) is 5.92 Å². The first-order valence-corrected chi connectivity index (χ1v) is 9.97. The van der Waals surface area contributed by atoms with Crippen LogP contribution in [0, 0.1) is 5.92 Å². The van der Waals surface area contributed by atoms with Gasteiger partial charge in [-0.05, 0) is 80.5 Å². The predicted molar refractivity (Wildman–Crippen MR) is 99.3 cm³/mol. The third-order valence-electron chi connectivity index (χ3n) is 6.10. The zero-order chi connectivity index (χ0) is 18.1. The summed E-state index contributed by atoms with van der Waals surface area (Å²) in [5.74, 6) is -0.0699. The molecule has 0 spiro atoms. The number of hydrogen-bond acceptors (Lipinski definition) is 3. The summed E-state index contributed by atoms with van der Waals surface area (Å²) in [5.41, 5.74) is 3.47. The van der Waals surface area contributed by atoms with Gasteiger partial charge in [0.05, 0.1) is 6.54 Å². The van der Waals surface area contributed by atoms with Crippen molar-refractivity contribution in [3.63, 3.8) is 0 Å². The van der Waals surface area contributed by atoms with E-state index in [-0.39, 0.29) is 18.5 Å². The van der Waals surface area contributed by atoms with E-state index in [0.717, 1.165) is 37.8 Å². The molecule has 0 aromatic heterocycles. The van der Waals surface area contributed by atoms with Gasteiger partial charge in [-0.1, -0.05) is 6.07 Å². The maximum absolute atomic E-state index is 12.6. The van der Waals surface area contributed by atoms with Gasteiger partial charge < -0.3 is 10.4 Å². The fourth-order valence-corrected chi connectivity index (χ4v) is 4.30. The number of nitrogens with one attached hydrogen (secondary N) is 1. The number of carboxylic acids is 1. The molecule has 0 bridgehead atoms. The van der Waals surface area contributed by atoms with E-state index in [1.54, 1.807) is 0 Å². The lowest BCUT2D eigenvalue weighted by molar-refractivity contribution is -0.139. The Labute approximate surface area is 154 Å². The first-order chi connectivity index (χ1) is 12.6. The van der Waals surface area contributed by atoms with Gasteiger partial charge in [-0.3, -0.25) is 14.5 Å². The Balaban J connectivity index is 1.30. The van der Waals surface area contributed by atoms with Crippen LogP contribution in [0.25, 0.3) is 0 Å². The number of aryl methyl sites for hydroxylation is 2. The number of hydrogen-bond donors (Lipinski definition) is 2. The van der Waals surface area contributed by atoms with E-state index in [0.29, 0.717) is 12.0 Å². The van der Waals surface area contributed by atoms with Crippen molar-refractivity contribution < 1.29 is 14.7 Å². The number of amides is 1. The lowest BCUT2D eigenvalue weighted by Crippen LogP contribution is -2.55. The van der Waals surface area contributed by atoms with Crippen molar-refractivity contribution in [2.75, 3.05) is 13.1 Å². The number of carboxylic acid groups (broad SMARTS) is 1. The Morgan fingerprint density at radius 3 is 2.54 bits per heavy atom. The van der Waals surface area contributed by atoms with Crippen LogP contribution in [0.1, 0.15) is 60.0 Å². The van der Waals surface area contributed by atoms with E-state index < -0.39 is 5.97 Å². The highest BCUT2D eigenvalue weighted by atomic mass is 16.4. The van der Waals surface area contributed by atoms with E-state index in [1.165, 1.54) is 36.8 Å². The lowest BCUT2D eigenvalue weighted by atomic mass is 9.84. The Hall–Kier alpha value is -1.88. The van der Waals surface area contributed by atoms with Gasteiger partial charge in [-0.15, -0.1) is 0 Å². The van der Waals surface area contributed by atoms with Gasteiger partial charge in [-0.25, -0.2) is 0 Å². The zero-order valence-electron chi connectivity index (χ0n) is 15.2. The maximum atomic E-state index is 12.6. The molecule has 5 nitrogen and oxygen atoms in total. The average Bonchev–Trinajstić information content (AvgIpc) is 3.40. The van der Waals surface area contributed by atoms with Crippen molar-refractivity contribution in [2.45, 2.75) is 63.5 Å². The Morgan fingerprint density at radius 2 is 1.85 bits per heavy atom. The fraction of sp³-hybridized carbons (Fsp3) is 0.619. The molecule has 5 heteroatoms. The first kappa shape index (κ1) is 17.5. The molecule has 140 valence electrons. The van der Waals surface area contributed by atoms with Crippen LogP contribution in [0.4, 0.5) is 0 Å². The summed E-state index contributed by atoms with van der Waals surface area (Å²) in [6.45, 7) is 1.01. The monoisotopic (exact) mass is 356 g/mol. The lowest BCUT2D eigenvalue weighted by Gasteiger charge is -2.42. The van der Waals surface area contributed by atoms with Crippen LogP contribution in [-0.2, 0) is 17.6 Å². The van der Waals surface area contributed by atoms with Gasteiger partial charge in [0.15, 0.2) is 0 Å². The molecule has 26 heavy (non-hydrogen) atoms. The minimum absolute atomic E-state index is 0.00815. The Bertz CT molecular complexity index is 692. The molecule has 0 saturated heterocycles. The van der Waals surface area contributed by atoms with Gasteiger partial charge in [-0.2, -0.15) is 0 Å². The molecule has 1 amide bonds. The number of fused-ring (bicyclic) bond motifs is 1. The molecule has 0 radical (unpaired) electrons. The summed E-state index contributed by atoms with van der Waals surface area (Å²) < 4.78 is 0. The minimum atomic E-state index is -0.757. The van der Waals surface area contributed by atoms with Crippen LogP contribution in [-0.4, -0.2) is 47.1 Å². The molecule has 4 rings (SSSR count). The first-order valence-electron chi connectivity index (χ1n) is 9.97. The molecule has 3 aliphatic rings. The van der Waals surface area contributed by atoms with Crippen LogP contribution in [0.15, 0.2) is 18.2 Å². The predicted octanol–water partition coefficient (Wildman–Crippen LogP) is 2.62. The molecular formula is C21H28N2O3. The van der Waals surface area contributed by atoms with E-state index in [4.69, 9.17) is 5.11 Å². The van der Waals surface area contributed by atoms with Crippen molar-refractivity contribution in [1.29, 1.82) is 0 Å². The SMILES string of the molecule is O=C(O)CN(CC1CC1)C1CC(NC(=O)c2ccc3c(c2)CCCC3)C1. The van der Waals surface area contributed by atoms with Gasteiger partial charge in [0, 0.05) is 24.2 Å². The second-order valence-electron chi connectivity index (χ2n) is 8.25. The van der Waals surface area contributed by atoms with Crippen molar-refractivity contribution in [3.05, 3.63) is 34.9 Å². The van der Waals surface area contributed by atoms with E-state index >= 15 is 0 Å². The second kappa shape index (κ2) is 7.39. The molecule has 1 aromatic carbocycles. The molecule has 2 saturated carbocycles. The van der Waals surface area contributed by atoms with E-state index in [9.17, 15) is 9.59 Å². The largest absolute Gasteiger partial charge is 0.480 e. The van der Waals surface area contributed by atoms with Crippen molar-refractivity contribution in [1.82, 2.24) is 10.2 Å². The van der Waals surface area contributed by atoms with Crippen LogP contribution >= 0.6 is 0 Å². The summed E-state index contributed by atoms with van der Waals surface area (Å²) in [4.78, 5) is 25.8. The second-order valence-corrected chi connectivity index (χ2v) is 8.25. The molecule has 0 heterocycles. The van der Waals surface area contributed by atoms with E-state index in [1.807, 2.05) is 6.07 Å². The number of benzene rings is 1. The average molecular weight is 356 g/mol. The van der Waals surface area contributed by atoms with Gasteiger partial charge in [0.25, 0.3) is 5.91 Å². The van der Waals surface area contributed by atoms with Gasteiger partial charge in [0.2, 0.25) is 0 Å². The summed E-state index contributed by atoms with van der Waals surface area (Å²) in [5, 5.41) is 12.3. The molecule has 1 aromatic rings. The summed E-state index contributed by atoms with van der Waals surface area (Å²) >= 11 is 0. The Morgan fingerprint density at radius 1 is 1.12 bits per heavy atom. The highest BCUT2D eigenvalue weighted by Crippen LogP contribution is 2.34. The summed E-state index contributed by atoms with van der Waals surface area (Å²) in [7, 11) is 0. The van der Waals surface area contributed by atoms with Crippen LogP contribution < -0.4 is 5.32 Å². The molecule has 0 aliphatic heterocycles. The maximum Gasteiger partial charge on any atom is 0.317 e. The highest BCUT2D eigenvalue weighted by molar-refractivity contribution is 5.94. The standard InChI is InChI=1S/C21H28N2O3/c24-20(25)13-23(12-14-5-6-14)19-10-18(11-19)22-21(26)17-8-7-15-3-1-2-4-16(15)9-17/h7-9,14,18-19H,1-6,10-13H2,(H,22,26)(H,24,25). The smallest absolute Gasteiger partial charge is 0.317 e. The summed E-state index contributed by atoms with van der Waals surface area (Å²) in [6, 6.07) is 6.57. The number of nitrogens with zero attached hydrogens (tertiary/aromatic N) is 1. The fourth-order valence-electron chi connectivity index (χ4n) is 4.30. The van der Waals surface area contributed by atoms with Crippen LogP contribution in [0.5, 0.6) is 0 Å². The van der Waals surface area contributed by atoms with E-state index in [2.05, 4.69) is 22.3 Å². The number of aliphatic carboxylic acids is 1. The van der Waals surface area contributed by atoms with Crippen molar-refractivity contribution in [3.8, 4) is 0 Å².